The van der Waals surface area contributed by atoms with Gasteiger partial charge in [0.2, 0.25) is 11.6 Å². The summed E-state index contributed by atoms with van der Waals surface area (Å²) in [6, 6.07) is 10.3. The van der Waals surface area contributed by atoms with Gasteiger partial charge in [-0.05, 0) is 61.8 Å². The van der Waals surface area contributed by atoms with Crippen molar-refractivity contribution in [2.75, 3.05) is 6.79 Å². The maximum atomic E-state index is 5.53. The van der Waals surface area contributed by atoms with Crippen LogP contribution in [0.4, 0.5) is 0 Å². The lowest BCUT2D eigenvalue weighted by atomic mass is 9.98. The van der Waals surface area contributed by atoms with Gasteiger partial charge in [0.1, 0.15) is 5.65 Å². The zero-order valence-electron chi connectivity index (χ0n) is 15.9. The zero-order chi connectivity index (χ0) is 19.4. The number of aromatic amines is 1. The lowest BCUT2D eigenvalue weighted by Crippen LogP contribution is -1.93. The highest BCUT2D eigenvalue weighted by molar-refractivity contribution is 7.71. The third kappa shape index (κ3) is 2.60. The van der Waals surface area contributed by atoms with Crippen molar-refractivity contribution in [3.63, 3.8) is 0 Å². The van der Waals surface area contributed by atoms with Crippen molar-refractivity contribution in [1.82, 2.24) is 14.4 Å². The van der Waals surface area contributed by atoms with E-state index in [2.05, 4.69) is 42.9 Å². The van der Waals surface area contributed by atoms with E-state index in [9.17, 15) is 0 Å². The van der Waals surface area contributed by atoms with E-state index in [0.29, 0.717) is 4.77 Å². The normalized spacial score (nSPS) is 12.7. The molecule has 0 radical (unpaired) electrons. The molecule has 1 aliphatic rings. The first-order valence-electron chi connectivity index (χ1n) is 9.10. The van der Waals surface area contributed by atoms with Crippen molar-refractivity contribution in [2.24, 2.45) is 0 Å². The quantitative estimate of drug-likeness (QED) is 0.468. The van der Waals surface area contributed by atoms with Gasteiger partial charge in [0.25, 0.3) is 0 Å². The lowest BCUT2D eigenvalue weighted by Gasteiger charge is -2.09. The molecule has 0 saturated heterocycles. The first-order chi connectivity index (χ1) is 13.5. The molecule has 28 heavy (non-hydrogen) atoms. The van der Waals surface area contributed by atoms with Crippen LogP contribution in [0.15, 0.2) is 42.7 Å². The van der Waals surface area contributed by atoms with Gasteiger partial charge in [-0.1, -0.05) is 23.8 Å². The van der Waals surface area contributed by atoms with Gasteiger partial charge in [-0.15, -0.1) is 0 Å². The molecule has 0 atom stereocenters. The van der Waals surface area contributed by atoms with Crippen LogP contribution < -0.4 is 9.47 Å². The molecule has 2 aromatic carbocycles. The van der Waals surface area contributed by atoms with E-state index in [1.54, 1.807) is 0 Å². The van der Waals surface area contributed by atoms with Crippen molar-refractivity contribution in [2.45, 2.75) is 20.8 Å². The number of benzene rings is 2. The summed E-state index contributed by atoms with van der Waals surface area (Å²) in [6.45, 7) is 6.64. The molecular formula is C22H19N3O2S. The number of fused-ring (bicyclic) bond motifs is 2. The first kappa shape index (κ1) is 17.0. The molecule has 0 bridgehead atoms. The SMILES string of the molecule is Cc1cc(C)c(-c2cn3c(=S)ncc(-c4ccc5c(c4)OCO5)c3[nH]2)c(C)c1. The Morgan fingerprint density at radius 1 is 1.04 bits per heavy atom. The van der Waals surface area contributed by atoms with Gasteiger partial charge in [0.05, 0.1) is 5.69 Å². The van der Waals surface area contributed by atoms with Crippen molar-refractivity contribution in [3.8, 4) is 33.9 Å². The number of nitrogens with zero attached hydrogens (tertiary/aromatic N) is 2. The van der Waals surface area contributed by atoms with Crippen LogP contribution in [0, 0.1) is 25.5 Å². The summed E-state index contributed by atoms with van der Waals surface area (Å²) in [5.74, 6) is 1.51. The number of H-pyrrole nitrogens is 1. The van der Waals surface area contributed by atoms with Gasteiger partial charge < -0.3 is 14.5 Å². The number of ether oxygens (including phenoxy) is 2. The molecule has 0 saturated carbocycles. The Bertz CT molecular complexity index is 1280. The summed E-state index contributed by atoms with van der Waals surface area (Å²) in [5, 5.41) is 0. The second kappa shape index (κ2) is 6.21. The summed E-state index contributed by atoms with van der Waals surface area (Å²) in [7, 11) is 0. The van der Waals surface area contributed by atoms with E-state index in [1.807, 2.05) is 35.0 Å². The van der Waals surface area contributed by atoms with Crippen LogP contribution in [-0.2, 0) is 0 Å². The van der Waals surface area contributed by atoms with Crippen molar-refractivity contribution >= 4 is 17.9 Å². The van der Waals surface area contributed by atoms with Crippen molar-refractivity contribution < 1.29 is 9.47 Å². The van der Waals surface area contributed by atoms with Crippen LogP contribution >= 0.6 is 12.2 Å². The van der Waals surface area contributed by atoms with Gasteiger partial charge in [-0.3, -0.25) is 4.40 Å². The van der Waals surface area contributed by atoms with Crippen LogP contribution in [0.25, 0.3) is 28.0 Å². The Hall–Kier alpha value is -3.12. The van der Waals surface area contributed by atoms with E-state index in [-0.39, 0.29) is 6.79 Å². The monoisotopic (exact) mass is 389 g/mol. The molecule has 4 aromatic rings. The Balaban J connectivity index is 1.74. The average Bonchev–Trinajstić information content (AvgIpc) is 3.28. The van der Waals surface area contributed by atoms with E-state index in [4.69, 9.17) is 21.7 Å². The molecule has 1 aliphatic heterocycles. The minimum atomic E-state index is 0.255. The second-order valence-corrected chi connectivity index (χ2v) is 7.55. The van der Waals surface area contributed by atoms with E-state index in [1.165, 1.54) is 22.3 Å². The maximum absolute atomic E-state index is 5.53. The predicted octanol–water partition coefficient (Wildman–Crippen LogP) is 5.38. The Morgan fingerprint density at radius 2 is 1.79 bits per heavy atom. The second-order valence-electron chi connectivity index (χ2n) is 7.18. The molecule has 0 spiro atoms. The maximum Gasteiger partial charge on any atom is 0.231 e. The molecule has 5 rings (SSSR count). The average molecular weight is 389 g/mol. The molecule has 0 fully saturated rings. The van der Waals surface area contributed by atoms with Gasteiger partial charge in [0, 0.05) is 23.5 Å². The van der Waals surface area contributed by atoms with Crippen LogP contribution in [-0.4, -0.2) is 21.2 Å². The summed E-state index contributed by atoms with van der Waals surface area (Å²) in [6.07, 6.45) is 3.84. The fraction of sp³-hybridized carbons (Fsp3) is 0.182. The molecule has 5 nitrogen and oxygen atoms in total. The molecule has 0 amide bonds. The molecule has 3 heterocycles. The van der Waals surface area contributed by atoms with Gasteiger partial charge >= 0.3 is 0 Å². The topological polar surface area (TPSA) is 51.6 Å². The summed E-state index contributed by atoms with van der Waals surface area (Å²) >= 11 is 5.48. The Kier molecular flexibility index (Phi) is 3.77. The van der Waals surface area contributed by atoms with Gasteiger partial charge in [0.15, 0.2) is 11.5 Å². The number of rotatable bonds is 2. The molecule has 0 unspecified atom stereocenters. The standard InChI is InChI=1S/C22H19N3O2S/c1-12-6-13(2)20(14(3)7-12)17-10-25-21(24-17)16(9-23-22(25)28)15-4-5-18-19(8-15)27-11-26-18/h4-10,24H,11H2,1-3H3. The van der Waals surface area contributed by atoms with Crippen LogP contribution in [0.3, 0.4) is 0 Å². The number of aryl methyl sites for hydroxylation is 3. The minimum Gasteiger partial charge on any atom is -0.454 e. The number of aromatic nitrogens is 3. The fourth-order valence-electron chi connectivity index (χ4n) is 4.01. The first-order valence-corrected chi connectivity index (χ1v) is 9.51. The molecule has 2 aromatic heterocycles. The lowest BCUT2D eigenvalue weighted by molar-refractivity contribution is 0.174. The third-order valence-corrected chi connectivity index (χ3v) is 5.45. The van der Waals surface area contributed by atoms with E-state index >= 15 is 0 Å². The molecule has 140 valence electrons. The predicted molar refractivity (Wildman–Crippen MR) is 112 cm³/mol. The number of hydrogen-bond acceptors (Lipinski definition) is 4. The molecule has 0 aliphatic carbocycles. The highest BCUT2D eigenvalue weighted by atomic mass is 32.1. The molecule has 6 heteroatoms. The number of nitrogens with one attached hydrogen (secondary N) is 1. The summed E-state index contributed by atoms with van der Waals surface area (Å²) < 4.78 is 13.4. The minimum absolute atomic E-state index is 0.255. The summed E-state index contributed by atoms with van der Waals surface area (Å²) in [4.78, 5) is 8.00. The largest absolute Gasteiger partial charge is 0.454 e. The molecule has 1 N–H and O–H groups in total. The van der Waals surface area contributed by atoms with Gasteiger partial charge in [-0.25, -0.2) is 4.98 Å². The number of hydrogen-bond donors (Lipinski definition) is 1. The Labute approximate surface area is 167 Å². The van der Waals surface area contributed by atoms with Crippen LogP contribution in [0.5, 0.6) is 11.5 Å². The Morgan fingerprint density at radius 3 is 2.57 bits per heavy atom. The highest BCUT2D eigenvalue weighted by Gasteiger charge is 2.17. The molecular weight excluding hydrogens is 370 g/mol. The third-order valence-electron chi connectivity index (χ3n) is 5.15. The van der Waals surface area contributed by atoms with Crippen molar-refractivity contribution in [3.05, 3.63) is 64.2 Å². The van der Waals surface area contributed by atoms with E-state index < -0.39 is 0 Å². The summed E-state index contributed by atoms with van der Waals surface area (Å²) in [5.41, 5.74) is 8.80. The van der Waals surface area contributed by atoms with Crippen LogP contribution in [0.2, 0.25) is 0 Å². The smallest absolute Gasteiger partial charge is 0.231 e. The van der Waals surface area contributed by atoms with Gasteiger partial charge in [-0.2, -0.15) is 0 Å². The highest BCUT2D eigenvalue weighted by Crippen LogP contribution is 2.37. The van der Waals surface area contributed by atoms with Crippen molar-refractivity contribution in [1.29, 1.82) is 0 Å². The van der Waals surface area contributed by atoms with Crippen LogP contribution in [0.1, 0.15) is 16.7 Å². The fourth-order valence-corrected chi connectivity index (χ4v) is 4.21. The number of imidazole rings is 1. The van der Waals surface area contributed by atoms with E-state index in [0.717, 1.165) is 34.0 Å². The zero-order valence-corrected chi connectivity index (χ0v) is 16.7.